The maximum atomic E-state index is 12.8. The van der Waals surface area contributed by atoms with Gasteiger partial charge in [0.2, 0.25) is 5.91 Å². The zero-order valence-corrected chi connectivity index (χ0v) is 14.5. The minimum absolute atomic E-state index is 0.0193. The molecule has 0 unspecified atom stereocenters. The Bertz CT molecular complexity index is 979. The van der Waals surface area contributed by atoms with Crippen LogP contribution in [0.2, 0.25) is 0 Å². The van der Waals surface area contributed by atoms with E-state index in [9.17, 15) is 14.4 Å². The molecule has 0 bridgehead atoms. The number of rotatable bonds is 6. The Morgan fingerprint density at radius 3 is 2.04 bits per heavy atom. The number of benzene rings is 2. The fourth-order valence-corrected chi connectivity index (χ4v) is 3.21. The Morgan fingerprint density at radius 1 is 1.00 bits per heavy atom. The molecular formula is C20H20N2O4. The lowest BCUT2D eigenvalue weighted by molar-refractivity contribution is -0.144. The van der Waals surface area contributed by atoms with Crippen LogP contribution in [0.1, 0.15) is 13.3 Å². The van der Waals surface area contributed by atoms with Crippen molar-refractivity contribution in [3.8, 4) is 0 Å². The number of carbonyl (C=O) groups excluding carboxylic acids is 1. The summed E-state index contributed by atoms with van der Waals surface area (Å²) in [6, 6.07) is 14.3. The van der Waals surface area contributed by atoms with Crippen LogP contribution in [0.3, 0.4) is 0 Å². The van der Waals surface area contributed by atoms with Crippen molar-refractivity contribution in [3.05, 3.63) is 58.8 Å². The van der Waals surface area contributed by atoms with Gasteiger partial charge in [-0.1, -0.05) is 31.2 Å². The molecule has 0 aliphatic rings. The summed E-state index contributed by atoms with van der Waals surface area (Å²) in [4.78, 5) is 37.9. The minimum Gasteiger partial charge on any atom is -0.480 e. The van der Waals surface area contributed by atoms with Crippen LogP contribution in [0, 0.1) is 0 Å². The highest BCUT2D eigenvalue weighted by molar-refractivity contribution is 5.95. The molecule has 1 aromatic heterocycles. The van der Waals surface area contributed by atoms with Gasteiger partial charge in [-0.15, -0.1) is 0 Å². The first-order valence-corrected chi connectivity index (χ1v) is 8.52. The van der Waals surface area contributed by atoms with Crippen LogP contribution in [0.4, 0.5) is 0 Å². The standard InChI is InChI=1S/C20H20N2O4/c1-2-11-21(13-19(24)25)18(23)12-22-16-9-5-3-7-14(16)20(26)15-8-4-6-10-17(15)22/h3-10H,2,11-13H2,1H3,(H,24,25). The number of nitrogens with zero attached hydrogens (tertiary/aromatic N) is 2. The average molecular weight is 352 g/mol. The lowest BCUT2D eigenvalue weighted by atomic mass is 10.1. The predicted molar refractivity (Wildman–Crippen MR) is 100 cm³/mol. The van der Waals surface area contributed by atoms with Crippen molar-refractivity contribution >= 4 is 33.7 Å². The highest BCUT2D eigenvalue weighted by Gasteiger charge is 2.18. The summed E-state index contributed by atoms with van der Waals surface area (Å²) in [7, 11) is 0. The van der Waals surface area contributed by atoms with Gasteiger partial charge in [0, 0.05) is 17.3 Å². The molecule has 3 aromatic rings. The van der Waals surface area contributed by atoms with Gasteiger partial charge in [-0.05, 0) is 30.7 Å². The predicted octanol–water partition coefficient (Wildman–Crippen LogP) is 2.48. The molecule has 0 aliphatic heterocycles. The van der Waals surface area contributed by atoms with Crippen LogP contribution >= 0.6 is 0 Å². The Morgan fingerprint density at radius 2 is 1.54 bits per heavy atom. The van der Waals surface area contributed by atoms with Crippen molar-refractivity contribution < 1.29 is 14.7 Å². The van der Waals surface area contributed by atoms with E-state index in [0.29, 0.717) is 34.8 Å². The number of fused-ring (bicyclic) bond motifs is 2. The third-order valence-corrected chi connectivity index (χ3v) is 4.34. The van der Waals surface area contributed by atoms with E-state index in [1.807, 2.05) is 19.1 Å². The van der Waals surface area contributed by atoms with Crippen LogP contribution in [0.15, 0.2) is 53.3 Å². The van der Waals surface area contributed by atoms with Crippen molar-refractivity contribution in [1.29, 1.82) is 0 Å². The van der Waals surface area contributed by atoms with E-state index >= 15 is 0 Å². The van der Waals surface area contributed by atoms with Crippen molar-refractivity contribution in [1.82, 2.24) is 9.47 Å². The second-order valence-corrected chi connectivity index (χ2v) is 6.16. The molecule has 0 saturated heterocycles. The summed E-state index contributed by atoms with van der Waals surface area (Å²) in [6.07, 6.45) is 0.671. The van der Waals surface area contributed by atoms with Gasteiger partial charge >= 0.3 is 5.97 Å². The van der Waals surface area contributed by atoms with Gasteiger partial charge in [-0.25, -0.2) is 0 Å². The van der Waals surface area contributed by atoms with E-state index in [1.54, 1.807) is 41.0 Å². The van der Waals surface area contributed by atoms with E-state index in [2.05, 4.69) is 0 Å². The SMILES string of the molecule is CCCN(CC(=O)O)C(=O)Cn1c2ccccc2c(=O)c2ccccc21. The normalized spacial score (nSPS) is 11.0. The minimum atomic E-state index is -1.04. The number of carboxylic acid groups (broad SMARTS) is 1. The monoisotopic (exact) mass is 352 g/mol. The van der Waals surface area contributed by atoms with Crippen molar-refractivity contribution in [3.63, 3.8) is 0 Å². The van der Waals surface area contributed by atoms with Crippen LogP contribution in [0.25, 0.3) is 21.8 Å². The van der Waals surface area contributed by atoms with Gasteiger partial charge in [0.05, 0.1) is 11.0 Å². The lowest BCUT2D eigenvalue weighted by Gasteiger charge is -2.22. The summed E-state index contributed by atoms with van der Waals surface area (Å²) in [6.45, 7) is 1.92. The Hall–Kier alpha value is -3.15. The quantitative estimate of drug-likeness (QED) is 0.691. The van der Waals surface area contributed by atoms with Gasteiger partial charge in [-0.3, -0.25) is 14.4 Å². The van der Waals surface area contributed by atoms with Crippen molar-refractivity contribution in [2.45, 2.75) is 19.9 Å². The van der Waals surface area contributed by atoms with Crippen molar-refractivity contribution in [2.24, 2.45) is 0 Å². The van der Waals surface area contributed by atoms with E-state index < -0.39 is 5.97 Å². The molecule has 6 heteroatoms. The van der Waals surface area contributed by atoms with E-state index in [-0.39, 0.29) is 24.4 Å². The molecule has 26 heavy (non-hydrogen) atoms. The van der Waals surface area contributed by atoms with Crippen LogP contribution in [-0.2, 0) is 16.1 Å². The van der Waals surface area contributed by atoms with Gasteiger partial charge < -0.3 is 14.6 Å². The molecule has 0 fully saturated rings. The number of pyridine rings is 1. The number of aliphatic carboxylic acids is 1. The maximum absolute atomic E-state index is 12.8. The molecule has 2 aromatic carbocycles. The van der Waals surface area contributed by atoms with Gasteiger partial charge in [0.1, 0.15) is 13.1 Å². The average Bonchev–Trinajstić information content (AvgIpc) is 2.64. The largest absolute Gasteiger partial charge is 0.480 e. The zero-order valence-electron chi connectivity index (χ0n) is 14.5. The molecule has 1 amide bonds. The molecular weight excluding hydrogens is 332 g/mol. The van der Waals surface area contributed by atoms with Crippen molar-refractivity contribution in [2.75, 3.05) is 13.1 Å². The fraction of sp³-hybridized carbons (Fsp3) is 0.250. The maximum Gasteiger partial charge on any atom is 0.323 e. The molecule has 1 heterocycles. The Labute approximate surface area is 150 Å². The van der Waals surface area contributed by atoms with Gasteiger partial charge in [0.15, 0.2) is 5.43 Å². The molecule has 0 radical (unpaired) electrons. The summed E-state index contributed by atoms with van der Waals surface area (Å²) >= 11 is 0. The lowest BCUT2D eigenvalue weighted by Crippen LogP contribution is -2.38. The molecule has 6 nitrogen and oxygen atoms in total. The van der Waals surface area contributed by atoms with Crippen LogP contribution in [0.5, 0.6) is 0 Å². The highest BCUT2D eigenvalue weighted by atomic mass is 16.4. The smallest absolute Gasteiger partial charge is 0.323 e. The first-order valence-electron chi connectivity index (χ1n) is 8.52. The van der Waals surface area contributed by atoms with E-state index in [0.717, 1.165) is 0 Å². The van der Waals surface area contributed by atoms with Crippen LogP contribution < -0.4 is 5.43 Å². The number of aromatic nitrogens is 1. The molecule has 0 spiro atoms. The van der Waals surface area contributed by atoms with Gasteiger partial charge in [0.25, 0.3) is 0 Å². The zero-order chi connectivity index (χ0) is 18.7. The topological polar surface area (TPSA) is 79.6 Å². The highest BCUT2D eigenvalue weighted by Crippen LogP contribution is 2.19. The summed E-state index contributed by atoms with van der Waals surface area (Å²) < 4.78 is 1.79. The number of hydrogen-bond donors (Lipinski definition) is 1. The number of hydrogen-bond acceptors (Lipinski definition) is 3. The molecule has 134 valence electrons. The number of amides is 1. The summed E-state index contributed by atoms with van der Waals surface area (Å²) in [5, 5.41) is 10.1. The molecule has 3 rings (SSSR count). The van der Waals surface area contributed by atoms with E-state index in [4.69, 9.17) is 5.11 Å². The Kier molecular flexibility index (Phi) is 5.02. The third-order valence-electron chi connectivity index (χ3n) is 4.34. The summed E-state index contributed by atoms with van der Waals surface area (Å²) in [5.74, 6) is -1.32. The first kappa shape index (κ1) is 17.7. The third kappa shape index (κ3) is 3.31. The molecule has 0 atom stereocenters. The number of carboxylic acids is 1. The van der Waals surface area contributed by atoms with Gasteiger partial charge in [-0.2, -0.15) is 0 Å². The first-order chi connectivity index (χ1) is 12.5. The second kappa shape index (κ2) is 7.39. The second-order valence-electron chi connectivity index (χ2n) is 6.16. The number of para-hydroxylation sites is 2. The molecule has 1 N–H and O–H groups in total. The van der Waals surface area contributed by atoms with E-state index in [1.165, 1.54) is 4.90 Å². The summed E-state index contributed by atoms with van der Waals surface area (Å²) in [5.41, 5.74) is 1.25. The molecule has 0 aliphatic carbocycles. The number of carbonyl (C=O) groups is 2. The molecule has 0 saturated carbocycles. The van der Waals surface area contributed by atoms with Crippen LogP contribution in [-0.4, -0.2) is 39.5 Å². The Balaban J connectivity index is 2.14. The fourth-order valence-electron chi connectivity index (χ4n) is 3.21.